The Balaban J connectivity index is 1.71. The zero-order valence-corrected chi connectivity index (χ0v) is 14.9. The first-order chi connectivity index (χ1) is 12.6. The van der Waals surface area contributed by atoms with E-state index in [2.05, 4.69) is 0 Å². The van der Waals surface area contributed by atoms with Crippen molar-refractivity contribution in [2.45, 2.75) is 12.5 Å². The molecule has 1 fully saturated rings. The minimum atomic E-state index is -0.279. The summed E-state index contributed by atoms with van der Waals surface area (Å²) in [5.41, 5.74) is 3.12. The molecule has 136 valence electrons. The molecule has 5 nitrogen and oxygen atoms in total. The molecule has 1 amide bonds. The third kappa shape index (κ3) is 2.75. The lowest BCUT2D eigenvalue weighted by atomic mass is 9.90. The predicted octanol–water partition coefficient (Wildman–Crippen LogP) is 2.79. The van der Waals surface area contributed by atoms with Crippen LogP contribution in [0.2, 0.25) is 0 Å². The molecule has 0 radical (unpaired) electrons. The van der Waals surface area contributed by atoms with Crippen LogP contribution >= 0.6 is 0 Å². The second-order valence-corrected chi connectivity index (χ2v) is 6.62. The largest absolute Gasteiger partial charge is 0.493 e. The summed E-state index contributed by atoms with van der Waals surface area (Å²) in [6.45, 7) is 1.67. The lowest BCUT2D eigenvalue weighted by molar-refractivity contribution is -0.134. The van der Waals surface area contributed by atoms with Crippen LogP contribution in [0, 0.1) is 5.82 Å². The summed E-state index contributed by atoms with van der Waals surface area (Å²) in [4.78, 5) is 16.7. The summed E-state index contributed by atoms with van der Waals surface area (Å²) in [5, 5.41) is 0. The van der Waals surface area contributed by atoms with Crippen molar-refractivity contribution in [1.29, 1.82) is 0 Å². The summed E-state index contributed by atoms with van der Waals surface area (Å²) in [6.07, 6.45) is 0.800. The summed E-state index contributed by atoms with van der Waals surface area (Å²) in [6, 6.07) is 10.2. The molecule has 1 saturated heterocycles. The van der Waals surface area contributed by atoms with E-state index < -0.39 is 0 Å². The van der Waals surface area contributed by atoms with Gasteiger partial charge in [0.05, 0.1) is 26.8 Å². The van der Waals surface area contributed by atoms with Crippen molar-refractivity contribution in [2.24, 2.45) is 0 Å². The van der Waals surface area contributed by atoms with Crippen LogP contribution < -0.4 is 14.4 Å². The number of benzene rings is 2. The average Bonchev–Trinajstić information content (AvgIpc) is 2.67. The Kier molecular flexibility index (Phi) is 4.18. The first kappa shape index (κ1) is 16.7. The Labute approximate surface area is 151 Å². The van der Waals surface area contributed by atoms with Gasteiger partial charge in [0.25, 0.3) is 0 Å². The predicted molar refractivity (Wildman–Crippen MR) is 96.3 cm³/mol. The van der Waals surface area contributed by atoms with E-state index in [1.165, 1.54) is 17.7 Å². The average molecular weight is 356 g/mol. The smallest absolute Gasteiger partial charge is 0.242 e. The number of anilines is 1. The standard InChI is InChI=1S/C20H21FN2O3/c1-25-18-9-13-7-8-23-17(16(13)10-19(18)26-2)11-22(12-20(23)24)15-5-3-14(21)4-6-15/h3-6,9-10,17H,7-8,11-12H2,1-2H3. The summed E-state index contributed by atoms with van der Waals surface area (Å²) in [7, 11) is 3.24. The molecular weight excluding hydrogens is 335 g/mol. The number of amides is 1. The topological polar surface area (TPSA) is 42.0 Å². The second-order valence-electron chi connectivity index (χ2n) is 6.62. The Bertz CT molecular complexity index is 838. The quantitative estimate of drug-likeness (QED) is 0.848. The monoisotopic (exact) mass is 356 g/mol. The van der Waals surface area contributed by atoms with E-state index in [0.29, 0.717) is 31.1 Å². The van der Waals surface area contributed by atoms with Crippen LogP contribution in [0.25, 0.3) is 0 Å². The molecule has 2 aromatic carbocycles. The lowest BCUT2D eigenvalue weighted by Crippen LogP contribution is -2.54. The van der Waals surface area contributed by atoms with E-state index in [1.807, 2.05) is 21.9 Å². The van der Waals surface area contributed by atoms with Crippen molar-refractivity contribution < 1.29 is 18.7 Å². The van der Waals surface area contributed by atoms with Gasteiger partial charge in [-0.25, -0.2) is 4.39 Å². The number of piperazine rings is 1. The van der Waals surface area contributed by atoms with Crippen LogP contribution in [0.5, 0.6) is 11.5 Å². The summed E-state index contributed by atoms with van der Waals surface area (Å²) < 4.78 is 24.1. The molecule has 0 saturated carbocycles. The highest BCUT2D eigenvalue weighted by Gasteiger charge is 2.37. The van der Waals surface area contributed by atoms with Gasteiger partial charge in [-0.05, 0) is 53.9 Å². The molecule has 0 bridgehead atoms. The zero-order chi connectivity index (χ0) is 18.3. The number of ether oxygens (including phenoxy) is 2. The molecule has 2 aromatic rings. The fourth-order valence-electron chi connectivity index (χ4n) is 3.90. The molecule has 2 aliphatic rings. The normalized spacial score (nSPS) is 19.0. The Morgan fingerprint density at radius 1 is 1.08 bits per heavy atom. The van der Waals surface area contributed by atoms with Gasteiger partial charge < -0.3 is 19.3 Å². The maximum Gasteiger partial charge on any atom is 0.242 e. The molecule has 2 heterocycles. The Morgan fingerprint density at radius 2 is 1.77 bits per heavy atom. The highest BCUT2D eigenvalue weighted by molar-refractivity contribution is 5.84. The summed E-state index contributed by atoms with van der Waals surface area (Å²) >= 11 is 0. The van der Waals surface area contributed by atoms with Gasteiger partial charge in [-0.2, -0.15) is 0 Å². The summed E-state index contributed by atoms with van der Waals surface area (Å²) in [5.74, 6) is 1.18. The second kappa shape index (κ2) is 6.52. The van der Waals surface area contributed by atoms with E-state index in [1.54, 1.807) is 26.4 Å². The van der Waals surface area contributed by atoms with Crippen molar-refractivity contribution in [3.8, 4) is 11.5 Å². The van der Waals surface area contributed by atoms with Crippen molar-refractivity contribution in [1.82, 2.24) is 4.90 Å². The number of carbonyl (C=O) groups excluding carboxylic acids is 1. The first-order valence-electron chi connectivity index (χ1n) is 8.65. The van der Waals surface area contributed by atoms with Crippen LogP contribution in [0.15, 0.2) is 36.4 Å². The van der Waals surface area contributed by atoms with Gasteiger partial charge in [0.2, 0.25) is 5.91 Å². The first-order valence-corrected chi connectivity index (χ1v) is 8.65. The van der Waals surface area contributed by atoms with Crippen molar-refractivity contribution in [3.05, 3.63) is 53.3 Å². The highest BCUT2D eigenvalue weighted by atomic mass is 19.1. The van der Waals surface area contributed by atoms with Gasteiger partial charge in [0, 0.05) is 18.8 Å². The lowest BCUT2D eigenvalue weighted by Gasteiger charge is -2.45. The van der Waals surface area contributed by atoms with Crippen LogP contribution in [0.3, 0.4) is 0 Å². The maximum atomic E-state index is 13.2. The van der Waals surface area contributed by atoms with Crippen molar-refractivity contribution in [2.75, 3.05) is 38.8 Å². The van der Waals surface area contributed by atoms with E-state index in [4.69, 9.17) is 9.47 Å². The van der Waals surface area contributed by atoms with E-state index in [0.717, 1.165) is 17.7 Å². The zero-order valence-electron chi connectivity index (χ0n) is 14.9. The van der Waals surface area contributed by atoms with E-state index in [9.17, 15) is 9.18 Å². The number of hydrogen-bond donors (Lipinski definition) is 0. The van der Waals surface area contributed by atoms with E-state index in [-0.39, 0.29) is 17.8 Å². The number of fused-ring (bicyclic) bond motifs is 3. The minimum Gasteiger partial charge on any atom is -0.493 e. The molecule has 0 N–H and O–H groups in total. The van der Waals surface area contributed by atoms with Gasteiger partial charge in [-0.15, -0.1) is 0 Å². The van der Waals surface area contributed by atoms with Crippen molar-refractivity contribution in [3.63, 3.8) is 0 Å². The number of nitrogens with zero attached hydrogens (tertiary/aromatic N) is 2. The molecule has 6 heteroatoms. The fourth-order valence-corrected chi connectivity index (χ4v) is 3.90. The number of carbonyl (C=O) groups is 1. The Hall–Kier alpha value is -2.76. The molecule has 1 atom stereocenters. The molecule has 1 unspecified atom stereocenters. The highest BCUT2D eigenvalue weighted by Crippen LogP contribution is 2.40. The Morgan fingerprint density at radius 3 is 2.46 bits per heavy atom. The van der Waals surface area contributed by atoms with Gasteiger partial charge in [-0.3, -0.25) is 4.79 Å². The van der Waals surface area contributed by atoms with Crippen LogP contribution in [-0.4, -0.2) is 44.7 Å². The third-order valence-electron chi connectivity index (χ3n) is 5.23. The maximum absolute atomic E-state index is 13.2. The van der Waals surface area contributed by atoms with Gasteiger partial charge >= 0.3 is 0 Å². The minimum absolute atomic E-state index is 0.0511. The van der Waals surface area contributed by atoms with Crippen LogP contribution in [-0.2, 0) is 11.2 Å². The number of rotatable bonds is 3. The van der Waals surface area contributed by atoms with Crippen molar-refractivity contribution >= 4 is 11.6 Å². The third-order valence-corrected chi connectivity index (χ3v) is 5.23. The molecule has 0 spiro atoms. The molecule has 2 aliphatic heterocycles. The van der Waals surface area contributed by atoms with Crippen LogP contribution in [0.1, 0.15) is 17.2 Å². The molecule has 26 heavy (non-hydrogen) atoms. The molecule has 0 aromatic heterocycles. The molecular formula is C20H21FN2O3. The number of halogens is 1. The van der Waals surface area contributed by atoms with E-state index >= 15 is 0 Å². The number of hydrogen-bond acceptors (Lipinski definition) is 4. The molecule has 0 aliphatic carbocycles. The fraction of sp³-hybridized carbons (Fsp3) is 0.350. The van der Waals surface area contributed by atoms with Gasteiger partial charge in [-0.1, -0.05) is 0 Å². The van der Waals surface area contributed by atoms with Gasteiger partial charge in [0.15, 0.2) is 11.5 Å². The van der Waals surface area contributed by atoms with Crippen LogP contribution in [0.4, 0.5) is 10.1 Å². The SMILES string of the molecule is COc1cc2c(cc1OC)C1CN(c3ccc(F)cc3)CC(=O)N1CC2. The number of methoxy groups -OCH3 is 2. The molecule has 4 rings (SSSR count). The van der Waals surface area contributed by atoms with Gasteiger partial charge in [0.1, 0.15) is 5.82 Å².